The Hall–Kier alpha value is -2.57. The smallest absolute Gasteiger partial charge is 0.316 e. The molecule has 0 atom stereocenters. The van der Waals surface area contributed by atoms with E-state index in [9.17, 15) is 13.6 Å². The van der Waals surface area contributed by atoms with Crippen LogP contribution in [0.4, 0.5) is 14.5 Å². The fourth-order valence-corrected chi connectivity index (χ4v) is 2.08. The minimum Gasteiger partial charge on any atom is -0.464 e. The largest absolute Gasteiger partial charge is 0.464 e. The summed E-state index contributed by atoms with van der Waals surface area (Å²) in [6.07, 6.45) is -0.210. The minimum atomic E-state index is -0.753. The van der Waals surface area contributed by atoms with Crippen LogP contribution in [0.5, 0.6) is 6.01 Å². The number of hydrogen-bond donors (Lipinski definition) is 1. The number of rotatable bonds is 5. The first kappa shape index (κ1) is 16.8. The van der Waals surface area contributed by atoms with Crippen molar-refractivity contribution in [2.75, 3.05) is 11.9 Å². The average Bonchev–Trinajstić information content (AvgIpc) is 2.46. The predicted molar refractivity (Wildman–Crippen MR) is 81.4 cm³/mol. The van der Waals surface area contributed by atoms with Gasteiger partial charge in [-0.05, 0) is 32.4 Å². The van der Waals surface area contributed by atoms with E-state index in [0.717, 1.165) is 12.1 Å². The molecule has 0 aliphatic heterocycles. The summed E-state index contributed by atoms with van der Waals surface area (Å²) in [4.78, 5) is 20.4. The summed E-state index contributed by atoms with van der Waals surface area (Å²) >= 11 is 0. The normalized spacial score (nSPS) is 10.5. The monoisotopic (exact) mass is 321 g/mol. The Balaban J connectivity index is 2.14. The van der Waals surface area contributed by atoms with E-state index in [4.69, 9.17) is 4.74 Å². The third-order valence-electron chi connectivity index (χ3n) is 3.15. The molecule has 0 unspecified atom stereocenters. The van der Waals surface area contributed by atoms with E-state index >= 15 is 0 Å². The highest BCUT2D eigenvalue weighted by molar-refractivity contribution is 5.93. The second-order valence-corrected chi connectivity index (χ2v) is 4.95. The maximum atomic E-state index is 13.6. The molecule has 0 saturated heterocycles. The van der Waals surface area contributed by atoms with Gasteiger partial charge < -0.3 is 10.1 Å². The van der Waals surface area contributed by atoms with E-state index in [1.807, 2.05) is 6.92 Å². The number of halogens is 2. The summed E-state index contributed by atoms with van der Waals surface area (Å²) in [5, 5.41) is 2.66. The van der Waals surface area contributed by atoms with Crippen molar-refractivity contribution in [1.29, 1.82) is 0 Å². The minimum absolute atomic E-state index is 0.117. The van der Waals surface area contributed by atoms with Gasteiger partial charge in [-0.1, -0.05) is 6.07 Å². The van der Waals surface area contributed by atoms with Gasteiger partial charge in [0, 0.05) is 6.07 Å². The lowest BCUT2D eigenvalue weighted by Gasteiger charge is -2.12. The maximum Gasteiger partial charge on any atom is 0.316 e. The third-order valence-corrected chi connectivity index (χ3v) is 3.15. The zero-order valence-corrected chi connectivity index (χ0v) is 13.1. The van der Waals surface area contributed by atoms with Crippen molar-refractivity contribution < 1.29 is 18.3 Å². The molecule has 0 aliphatic rings. The average molecular weight is 321 g/mol. The number of anilines is 1. The number of nitrogens with one attached hydrogen (secondary N) is 1. The first-order chi connectivity index (χ1) is 10.9. The molecule has 0 saturated carbocycles. The fraction of sp³-hybridized carbons (Fsp3) is 0.312. The van der Waals surface area contributed by atoms with E-state index in [2.05, 4.69) is 15.3 Å². The molecule has 1 aromatic carbocycles. The Bertz CT molecular complexity index is 712. The molecule has 0 bridgehead atoms. The molecule has 23 heavy (non-hydrogen) atoms. The van der Waals surface area contributed by atoms with E-state index in [1.54, 1.807) is 13.8 Å². The van der Waals surface area contributed by atoms with Gasteiger partial charge in [0.25, 0.3) is 0 Å². The van der Waals surface area contributed by atoms with Gasteiger partial charge in [0.2, 0.25) is 5.91 Å². The van der Waals surface area contributed by atoms with Crippen molar-refractivity contribution in [3.8, 4) is 6.01 Å². The zero-order valence-electron chi connectivity index (χ0n) is 13.1. The van der Waals surface area contributed by atoms with Crippen LogP contribution in [-0.2, 0) is 11.2 Å². The molecule has 7 heteroatoms. The van der Waals surface area contributed by atoms with E-state index in [1.165, 1.54) is 6.07 Å². The lowest BCUT2D eigenvalue weighted by Crippen LogP contribution is -2.18. The molecular weight excluding hydrogens is 304 g/mol. The summed E-state index contributed by atoms with van der Waals surface area (Å²) in [7, 11) is 0. The van der Waals surface area contributed by atoms with Gasteiger partial charge in [0.15, 0.2) is 0 Å². The van der Waals surface area contributed by atoms with Crippen molar-refractivity contribution in [1.82, 2.24) is 9.97 Å². The van der Waals surface area contributed by atoms with Gasteiger partial charge in [0.05, 0.1) is 30.1 Å². The van der Waals surface area contributed by atoms with Crippen molar-refractivity contribution in [3.63, 3.8) is 0 Å². The van der Waals surface area contributed by atoms with Crippen LogP contribution in [0.1, 0.15) is 23.9 Å². The quantitative estimate of drug-likeness (QED) is 0.919. The zero-order chi connectivity index (χ0) is 17.0. The molecule has 0 aliphatic carbocycles. The first-order valence-corrected chi connectivity index (χ1v) is 7.12. The van der Waals surface area contributed by atoms with Crippen molar-refractivity contribution >= 4 is 11.6 Å². The molecule has 2 aromatic rings. The summed E-state index contributed by atoms with van der Waals surface area (Å²) in [5.41, 5.74) is 1.68. The molecule has 1 heterocycles. The van der Waals surface area contributed by atoms with Crippen molar-refractivity contribution in [3.05, 3.63) is 46.8 Å². The van der Waals surface area contributed by atoms with Crippen LogP contribution in [0.25, 0.3) is 0 Å². The number of ether oxygens (including phenoxy) is 1. The Labute approximate surface area is 132 Å². The van der Waals surface area contributed by atoms with Crippen LogP contribution in [0.2, 0.25) is 0 Å². The number of amides is 1. The summed E-state index contributed by atoms with van der Waals surface area (Å²) < 4.78 is 31.7. The number of nitrogens with zero attached hydrogens (tertiary/aromatic N) is 2. The van der Waals surface area contributed by atoms with E-state index < -0.39 is 17.5 Å². The van der Waals surface area contributed by atoms with Gasteiger partial charge in [-0.2, -0.15) is 9.97 Å². The number of hydrogen-bond acceptors (Lipinski definition) is 4. The first-order valence-electron chi connectivity index (χ1n) is 7.12. The third kappa shape index (κ3) is 4.21. The predicted octanol–water partition coefficient (Wildman–Crippen LogP) is 2.95. The van der Waals surface area contributed by atoms with Crippen LogP contribution in [0.15, 0.2) is 18.2 Å². The molecule has 1 aromatic heterocycles. The summed E-state index contributed by atoms with van der Waals surface area (Å²) in [5.74, 6) is -1.87. The van der Waals surface area contributed by atoms with Gasteiger partial charge >= 0.3 is 6.01 Å². The topological polar surface area (TPSA) is 64.1 Å². The molecule has 1 amide bonds. The van der Waals surface area contributed by atoms with E-state index in [-0.39, 0.29) is 18.0 Å². The number of aryl methyl sites for hydroxylation is 2. The molecule has 0 spiro atoms. The van der Waals surface area contributed by atoms with Gasteiger partial charge in [-0.3, -0.25) is 4.79 Å². The summed E-state index contributed by atoms with van der Waals surface area (Å²) in [6.45, 7) is 5.69. The Morgan fingerprint density at radius 3 is 2.43 bits per heavy atom. The lowest BCUT2D eigenvalue weighted by atomic mass is 10.1. The molecule has 2 rings (SSSR count). The highest BCUT2D eigenvalue weighted by atomic mass is 19.1. The number of aromatic nitrogens is 2. The SMILES string of the molecule is CCOc1nc(C)c(NC(=O)Cc2ccc(F)cc2F)c(C)n1. The van der Waals surface area contributed by atoms with Gasteiger partial charge in [-0.15, -0.1) is 0 Å². The molecular formula is C16H17F2N3O2. The molecule has 1 N–H and O–H groups in total. The fourth-order valence-electron chi connectivity index (χ4n) is 2.08. The Kier molecular flexibility index (Phi) is 5.20. The number of carbonyl (C=O) groups excluding carboxylic acids is 1. The molecule has 0 fully saturated rings. The number of benzene rings is 1. The molecule has 0 radical (unpaired) electrons. The van der Waals surface area contributed by atoms with Crippen LogP contribution in [0, 0.1) is 25.5 Å². The summed E-state index contributed by atoms with van der Waals surface area (Å²) in [6, 6.07) is 3.35. The second kappa shape index (κ2) is 7.13. The lowest BCUT2D eigenvalue weighted by molar-refractivity contribution is -0.115. The van der Waals surface area contributed by atoms with Gasteiger partial charge in [0.1, 0.15) is 11.6 Å². The van der Waals surface area contributed by atoms with Crippen LogP contribution in [0.3, 0.4) is 0 Å². The highest BCUT2D eigenvalue weighted by Gasteiger charge is 2.14. The molecule has 122 valence electrons. The van der Waals surface area contributed by atoms with Crippen LogP contribution >= 0.6 is 0 Å². The highest BCUT2D eigenvalue weighted by Crippen LogP contribution is 2.20. The Morgan fingerprint density at radius 1 is 1.22 bits per heavy atom. The van der Waals surface area contributed by atoms with Gasteiger partial charge in [-0.25, -0.2) is 8.78 Å². The van der Waals surface area contributed by atoms with E-state index in [0.29, 0.717) is 23.7 Å². The molecule has 5 nitrogen and oxygen atoms in total. The van der Waals surface area contributed by atoms with Crippen LogP contribution < -0.4 is 10.1 Å². The van der Waals surface area contributed by atoms with Crippen molar-refractivity contribution in [2.24, 2.45) is 0 Å². The Morgan fingerprint density at radius 2 is 1.87 bits per heavy atom. The maximum absolute atomic E-state index is 13.6. The number of carbonyl (C=O) groups is 1. The second-order valence-electron chi connectivity index (χ2n) is 4.95. The van der Waals surface area contributed by atoms with Crippen LogP contribution in [-0.4, -0.2) is 22.5 Å². The standard InChI is InChI=1S/C16H17F2N3O2/c1-4-23-16-19-9(2)15(10(3)20-16)21-14(22)7-11-5-6-12(17)8-13(11)18/h5-6,8H,4,7H2,1-3H3,(H,21,22). The van der Waals surface area contributed by atoms with Crippen molar-refractivity contribution in [2.45, 2.75) is 27.2 Å².